The number of unbranched alkanes of at least 4 members (excludes halogenated alkanes) is 1. The zero-order chi connectivity index (χ0) is 13.7. The number of nitriles is 1. The van der Waals surface area contributed by atoms with Crippen LogP contribution in [0.25, 0.3) is 0 Å². The van der Waals surface area contributed by atoms with Crippen LogP contribution in [-0.4, -0.2) is 11.2 Å². The van der Waals surface area contributed by atoms with E-state index in [1.54, 1.807) is 11.3 Å². The molecule has 0 bridgehead atoms. The fourth-order valence-electron chi connectivity index (χ4n) is 2.34. The van der Waals surface area contributed by atoms with E-state index in [9.17, 15) is 10.1 Å². The first kappa shape index (κ1) is 14.5. The number of halogens is 1. The van der Waals surface area contributed by atoms with Crippen molar-refractivity contribution in [3.05, 3.63) is 16.0 Å². The predicted molar refractivity (Wildman–Crippen MR) is 82.0 cm³/mol. The summed E-state index contributed by atoms with van der Waals surface area (Å²) in [6.45, 7) is 0. The number of thiophene rings is 1. The Morgan fingerprint density at radius 2 is 2.16 bits per heavy atom. The summed E-state index contributed by atoms with van der Waals surface area (Å²) in [5.41, 5.74) is 1.88. The number of hydrogen-bond acceptors (Lipinski definition) is 3. The monoisotopic (exact) mass is 340 g/mol. The van der Waals surface area contributed by atoms with Crippen molar-refractivity contribution in [3.63, 3.8) is 0 Å². The molecule has 0 radical (unpaired) electrons. The quantitative estimate of drug-likeness (QED) is 0.650. The molecular formula is C14H17BrN2OS. The summed E-state index contributed by atoms with van der Waals surface area (Å²) in [5.74, 6) is 0.0241. The minimum Gasteiger partial charge on any atom is -0.317 e. The number of fused-ring (bicyclic) bond motifs is 1. The maximum atomic E-state index is 11.8. The smallest absolute Gasteiger partial charge is 0.225 e. The zero-order valence-corrected chi connectivity index (χ0v) is 13.2. The van der Waals surface area contributed by atoms with Gasteiger partial charge in [-0.25, -0.2) is 0 Å². The molecule has 0 saturated heterocycles. The van der Waals surface area contributed by atoms with Gasteiger partial charge in [0.25, 0.3) is 0 Å². The standard InChI is InChI=1S/C14H17BrN2OS/c15-8-4-3-7-13(18)17-14-11(9-16)10-5-1-2-6-12(10)19-14/h1-8H2,(H,17,18). The van der Waals surface area contributed by atoms with Gasteiger partial charge in [-0.05, 0) is 44.1 Å². The van der Waals surface area contributed by atoms with Crippen molar-refractivity contribution in [2.45, 2.75) is 44.9 Å². The number of rotatable bonds is 5. The lowest BCUT2D eigenvalue weighted by molar-refractivity contribution is -0.116. The largest absolute Gasteiger partial charge is 0.317 e. The lowest BCUT2D eigenvalue weighted by atomic mass is 9.96. The lowest BCUT2D eigenvalue weighted by Gasteiger charge is -2.09. The van der Waals surface area contributed by atoms with Gasteiger partial charge in [0, 0.05) is 16.6 Å². The van der Waals surface area contributed by atoms with E-state index in [2.05, 4.69) is 27.3 Å². The Bertz CT molecular complexity index is 504. The number of carbonyl (C=O) groups excluding carboxylic acids is 1. The maximum absolute atomic E-state index is 11.8. The zero-order valence-electron chi connectivity index (χ0n) is 10.8. The van der Waals surface area contributed by atoms with Crippen LogP contribution in [0.4, 0.5) is 5.00 Å². The van der Waals surface area contributed by atoms with Crippen LogP contribution < -0.4 is 5.32 Å². The number of nitrogens with one attached hydrogen (secondary N) is 1. The summed E-state index contributed by atoms with van der Waals surface area (Å²) in [7, 11) is 0. The van der Waals surface area contributed by atoms with Crippen molar-refractivity contribution in [3.8, 4) is 6.07 Å². The molecule has 0 spiro atoms. The van der Waals surface area contributed by atoms with E-state index in [0.29, 0.717) is 12.0 Å². The highest BCUT2D eigenvalue weighted by Crippen LogP contribution is 2.37. The SMILES string of the molecule is N#Cc1c(NC(=O)CCCCBr)sc2c1CCCC2. The highest BCUT2D eigenvalue weighted by atomic mass is 79.9. The number of anilines is 1. The molecule has 2 rings (SSSR count). The molecule has 0 fully saturated rings. The Morgan fingerprint density at radius 1 is 1.37 bits per heavy atom. The number of alkyl halides is 1. The van der Waals surface area contributed by atoms with Crippen LogP contribution in [0.3, 0.4) is 0 Å². The molecule has 0 saturated carbocycles. The van der Waals surface area contributed by atoms with Crippen molar-refractivity contribution in [2.75, 3.05) is 10.6 Å². The summed E-state index contributed by atoms with van der Waals surface area (Å²) in [6.07, 6.45) is 6.78. The summed E-state index contributed by atoms with van der Waals surface area (Å²) in [4.78, 5) is 13.1. The van der Waals surface area contributed by atoms with Crippen molar-refractivity contribution in [2.24, 2.45) is 0 Å². The minimum absolute atomic E-state index is 0.0241. The Balaban J connectivity index is 2.06. The van der Waals surface area contributed by atoms with Gasteiger partial charge in [-0.1, -0.05) is 15.9 Å². The third kappa shape index (κ3) is 3.58. The van der Waals surface area contributed by atoms with E-state index in [0.717, 1.165) is 42.4 Å². The van der Waals surface area contributed by atoms with Gasteiger partial charge >= 0.3 is 0 Å². The lowest BCUT2D eigenvalue weighted by Crippen LogP contribution is -2.11. The third-order valence-electron chi connectivity index (χ3n) is 3.32. The van der Waals surface area contributed by atoms with Gasteiger partial charge in [-0.15, -0.1) is 11.3 Å². The van der Waals surface area contributed by atoms with Crippen LogP contribution in [-0.2, 0) is 17.6 Å². The molecule has 1 amide bonds. The molecule has 102 valence electrons. The first-order valence-electron chi connectivity index (χ1n) is 6.66. The highest BCUT2D eigenvalue weighted by molar-refractivity contribution is 9.09. The van der Waals surface area contributed by atoms with Gasteiger partial charge in [-0.3, -0.25) is 4.79 Å². The van der Waals surface area contributed by atoms with Crippen molar-refractivity contribution >= 4 is 38.2 Å². The van der Waals surface area contributed by atoms with Crippen molar-refractivity contribution < 1.29 is 4.79 Å². The molecule has 1 aromatic heterocycles. The topological polar surface area (TPSA) is 52.9 Å². The van der Waals surface area contributed by atoms with Gasteiger partial charge in [0.2, 0.25) is 5.91 Å². The Kier molecular flexibility index (Phi) is 5.41. The average molecular weight is 341 g/mol. The van der Waals surface area contributed by atoms with E-state index in [4.69, 9.17) is 0 Å². The van der Waals surface area contributed by atoms with Gasteiger partial charge in [0.15, 0.2) is 0 Å². The Hall–Kier alpha value is -0.860. The first-order chi connectivity index (χ1) is 9.26. The number of carbonyl (C=O) groups is 1. The van der Waals surface area contributed by atoms with Crippen LogP contribution in [0.15, 0.2) is 0 Å². The van der Waals surface area contributed by atoms with Gasteiger partial charge in [0.05, 0.1) is 5.56 Å². The molecule has 1 aliphatic carbocycles. The second kappa shape index (κ2) is 7.06. The molecule has 1 N–H and O–H groups in total. The van der Waals surface area contributed by atoms with E-state index < -0.39 is 0 Å². The van der Waals surface area contributed by atoms with Gasteiger partial charge < -0.3 is 5.32 Å². The van der Waals surface area contributed by atoms with Gasteiger partial charge in [0.1, 0.15) is 11.1 Å². The first-order valence-corrected chi connectivity index (χ1v) is 8.60. The molecule has 0 aromatic carbocycles. The van der Waals surface area contributed by atoms with E-state index >= 15 is 0 Å². The second-order valence-electron chi connectivity index (χ2n) is 4.72. The molecule has 1 aliphatic rings. The van der Waals surface area contributed by atoms with Crippen LogP contribution in [0, 0.1) is 11.3 Å². The van der Waals surface area contributed by atoms with Crippen LogP contribution in [0.2, 0.25) is 0 Å². The minimum atomic E-state index is 0.0241. The molecule has 19 heavy (non-hydrogen) atoms. The van der Waals surface area contributed by atoms with Crippen LogP contribution in [0.5, 0.6) is 0 Å². The number of nitrogens with zero attached hydrogens (tertiary/aromatic N) is 1. The van der Waals surface area contributed by atoms with Crippen molar-refractivity contribution in [1.29, 1.82) is 5.26 Å². The van der Waals surface area contributed by atoms with E-state index in [-0.39, 0.29) is 5.91 Å². The third-order valence-corrected chi connectivity index (χ3v) is 5.09. The second-order valence-corrected chi connectivity index (χ2v) is 6.62. The number of hydrogen-bond donors (Lipinski definition) is 1. The van der Waals surface area contributed by atoms with Crippen molar-refractivity contribution in [1.82, 2.24) is 0 Å². The Morgan fingerprint density at radius 3 is 2.89 bits per heavy atom. The molecular weight excluding hydrogens is 324 g/mol. The molecule has 3 nitrogen and oxygen atoms in total. The number of aryl methyl sites for hydroxylation is 1. The molecule has 0 unspecified atom stereocenters. The summed E-state index contributed by atoms with van der Waals surface area (Å²) < 4.78 is 0. The Labute approximate surface area is 126 Å². The van der Waals surface area contributed by atoms with E-state index in [1.165, 1.54) is 16.9 Å². The average Bonchev–Trinajstić information content (AvgIpc) is 2.76. The van der Waals surface area contributed by atoms with Gasteiger partial charge in [-0.2, -0.15) is 5.26 Å². The normalized spacial score (nSPS) is 13.7. The summed E-state index contributed by atoms with van der Waals surface area (Å²) in [5, 5.41) is 13.9. The van der Waals surface area contributed by atoms with Crippen LogP contribution >= 0.6 is 27.3 Å². The fourth-order valence-corrected chi connectivity index (χ4v) is 3.99. The number of amides is 1. The molecule has 1 aromatic rings. The molecule has 1 heterocycles. The summed E-state index contributed by atoms with van der Waals surface area (Å²) in [6, 6.07) is 2.26. The maximum Gasteiger partial charge on any atom is 0.225 e. The molecule has 0 atom stereocenters. The fraction of sp³-hybridized carbons (Fsp3) is 0.571. The highest BCUT2D eigenvalue weighted by Gasteiger charge is 2.21. The summed E-state index contributed by atoms with van der Waals surface area (Å²) >= 11 is 4.95. The van der Waals surface area contributed by atoms with E-state index in [1.807, 2.05) is 0 Å². The predicted octanol–water partition coefficient (Wildman–Crippen LogP) is 4.00. The van der Waals surface area contributed by atoms with Crippen LogP contribution in [0.1, 0.15) is 48.1 Å². The molecule has 0 aliphatic heterocycles. The molecule has 5 heteroatoms.